The van der Waals surface area contributed by atoms with Crippen LogP contribution in [0, 0.1) is 0 Å². The average molecular weight is 259 g/mol. The van der Waals surface area contributed by atoms with E-state index < -0.39 is 5.91 Å². The number of imide groups is 1. The quantitative estimate of drug-likeness (QED) is 0.653. The molecule has 4 heteroatoms. The maximum Gasteiger partial charge on any atom is 0.265 e. The number of hydrogen-bond acceptors (Lipinski definition) is 3. The van der Waals surface area contributed by atoms with Crippen molar-refractivity contribution in [2.24, 2.45) is 0 Å². The monoisotopic (exact) mass is 259 g/mol. The van der Waals surface area contributed by atoms with Crippen molar-refractivity contribution in [1.82, 2.24) is 4.90 Å². The SMILES string of the molecule is C=CCc1ccc2c(c1O)C(=O)N(CCCC)C2=O. The lowest BCUT2D eigenvalue weighted by molar-refractivity contribution is 0.0651. The number of aromatic hydroxyl groups is 1. The van der Waals surface area contributed by atoms with Crippen LogP contribution in [0.15, 0.2) is 24.8 Å². The highest BCUT2D eigenvalue weighted by Crippen LogP contribution is 2.33. The summed E-state index contributed by atoms with van der Waals surface area (Å²) in [6, 6.07) is 3.28. The van der Waals surface area contributed by atoms with Crippen molar-refractivity contribution < 1.29 is 14.7 Å². The summed E-state index contributed by atoms with van der Waals surface area (Å²) in [5.74, 6) is -0.791. The molecule has 0 bridgehead atoms. The van der Waals surface area contributed by atoms with E-state index in [4.69, 9.17) is 0 Å². The first kappa shape index (κ1) is 13.3. The molecular formula is C15H17NO3. The van der Waals surface area contributed by atoms with E-state index in [0.29, 0.717) is 24.1 Å². The van der Waals surface area contributed by atoms with Crippen molar-refractivity contribution in [2.45, 2.75) is 26.2 Å². The zero-order valence-electron chi connectivity index (χ0n) is 11.0. The van der Waals surface area contributed by atoms with E-state index >= 15 is 0 Å². The van der Waals surface area contributed by atoms with Crippen LogP contribution in [0.3, 0.4) is 0 Å². The van der Waals surface area contributed by atoms with Crippen LogP contribution in [0.5, 0.6) is 5.75 Å². The molecule has 0 aromatic heterocycles. The molecule has 0 atom stereocenters. The van der Waals surface area contributed by atoms with Gasteiger partial charge in [-0.05, 0) is 24.5 Å². The molecule has 1 aromatic rings. The van der Waals surface area contributed by atoms with Gasteiger partial charge in [0.1, 0.15) is 5.75 Å². The normalized spacial score (nSPS) is 13.8. The molecule has 1 heterocycles. The molecule has 2 rings (SSSR count). The molecule has 0 saturated heterocycles. The van der Waals surface area contributed by atoms with Crippen LogP contribution in [0.4, 0.5) is 0 Å². The van der Waals surface area contributed by atoms with Crippen LogP contribution in [0.1, 0.15) is 46.0 Å². The standard InChI is InChI=1S/C15H17NO3/c1-3-5-9-16-14(18)11-8-7-10(6-4-2)13(17)12(11)15(16)19/h4,7-8,17H,2-3,5-6,9H2,1H3. The number of fused-ring (bicyclic) bond motifs is 1. The Bertz CT molecular complexity index is 549. The summed E-state index contributed by atoms with van der Waals surface area (Å²) in [6.45, 7) is 6.01. The number of rotatable bonds is 5. The van der Waals surface area contributed by atoms with E-state index in [1.165, 1.54) is 4.90 Å². The smallest absolute Gasteiger partial charge is 0.265 e. The number of nitrogens with zero attached hydrogens (tertiary/aromatic N) is 1. The fourth-order valence-electron chi connectivity index (χ4n) is 2.24. The Hall–Kier alpha value is -2.10. The maximum absolute atomic E-state index is 12.2. The Morgan fingerprint density at radius 2 is 2.05 bits per heavy atom. The van der Waals surface area contributed by atoms with Crippen molar-refractivity contribution in [2.75, 3.05) is 6.54 Å². The minimum atomic E-state index is -0.392. The molecule has 0 aliphatic carbocycles. The Labute approximate surface area is 112 Å². The first-order chi connectivity index (χ1) is 9.11. The first-order valence-corrected chi connectivity index (χ1v) is 6.43. The second kappa shape index (κ2) is 5.26. The predicted octanol–water partition coefficient (Wildman–Crippen LogP) is 2.52. The average Bonchev–Trinajstić information content (AvgIpc) is 2.64. The molecule has 0 unspecified atom stereocenters. The number of phenols is 1. The molecule has 0 spiro atoms. The topological polar surface area (TPSA) is 57.6 Å². The van der Waals surface area contributed by atoms with E-state index in [2.05, 4.69) is 6.58 Å². The Kier molecular flexibility index (Phi) is 3.69. The minimum absolute atomic E-state index is 0.0882. The largest absolute Gasteiger partial charge is 0.507 e. The molecule has 0 saturated carbocycles. The Morgan fingerprint density at radius 1 is 1.32 bits per heavy atom. The van der Waals surface area contributed by atoms with Crippen molar-refractivity contribution >= 4 is 11.8 Å². The second-order valence-corrected chi connectivity index (χ2v) is 4.60. The second-order valence-electron chi connectivity index (χ2n) is 4.60. The van der Waals surface area contributed by atoms with Gasteiger partial charge in [-0.25, -0.2) is 0 Å². The van der Waals surface area contributed by atoms with Gasteiger partial charge in [0.2, 0.25) is 0 Å². The van der Waals surface area contributed by atoms with Crippen LogP contribution in [-0.2, 0) is 6.42 Å². The van der Waals surface area contributed by atoms with Crippen molar-refractivity contribution in [3.05, 3.63) is 41.5 Å². The molecule has 2 amide bonds. The number of benzene rings is 1. The van der Waals surface area contributed by atoms with Crippen molar-refractivity contribution in [3.63, 3.8) is 0 Å². The van der Waals surface area contributed by atoms with Crippen LogP contribution in [0.2, 0.25) is 0 Å². The lowest BCUT2D eigenvalue weighted by Gasteiger charge is -2.12. The molecule has 100 valence electrons. The molecular weight excluding hydrogens is 242 g/mol. The fraction of sp³-hybridized carbons (Fsp3) is 0.333. The molecule has 19 heavy (non-hydrogen) atoms. The van der Waals surface area contributed by atoms with Crippen LogP contribution in [0.25, 0.3) is 0 Å². The van der Waals surface area contributed by atoms with E-state index in [9.17, 15) is 14.7 Å². The minimum Gasteiger partial charge on any atom is -0.507 e. The zero-order valence-corrected chi connectivity index (χ0v) is 11.0. The van der Waals surface area contributed by atoms with Crippen molar-refractivity contribution in [1.29, 1.82) is 0 Å². The van der Waals surface area contributed by atoms with Gasteiger partial charge in [0, 0.05) is 6.54 Å². The summed E-state index contributed by atoms with van der Waals surface area (Å²) in [7, 11) is 0. The van der Waals surface area contributed by atoms with Crippen LogP contribution in [-0.4, -0.2) is 28.4 Å². The Balaban J connectivity index is 2.41. The molecule has 1 N–H and O–H groups in total. The summed E-state index contributed by atoms with van der Waals surface area (Å²) in [5.41, 5.74) is 1.05. The van der Waals surface area contributed by atoms with Gasteiger partial charge in [0.05, 0.1) is 11.1 Å². The summed E-state index contributed by atoms with van der Waals surface area (Å²) in [4.78, 5) is 25.5. The number of unbranched alkanes of at least 4 members (excludes halogenated alkanes) is 1. The third-order valence-corrected chi connectivity index (χ3v) is 3.30. The highest BCUT2D eigenvalue weighted by molar-refractivity contribution is 6.22. The fourth-order valence-corrected chi connectivity index (χ4v) is 2.24. The summed E-state index contributed by atoms with van der Waals surface area (Å²) >= 11 is 0. The third-order valence-electron chi connectivity index (χ3n) is 3.30. The molecule has 1 aromatic carbocycles. The lowest BCUT2D eigenvalue weighted by atomic mass is 10.0. The van der Waals surface area contributed by atoms with Crippen LogP contribution >= 0.6 is 0 Å². The predicted molar refractivity (Wildman–Crippen MR) is 72.3 cm³/mol. The summed E-state index contributed by atoms with van der Waals surface area (Å²) < 4.78 is 0. The van der Waals surface area contributed by atoms with Gasteiger partial charge in [-0.3, -0.25) is 14.5 Å². The van der Waals surface area contributed by atoms with Gasteiger partial charge in [0.25, 0.3) is 11.8 Å². The van der Waals surface area contributed by atoms with E-state index in [1.54, 1.807) is 18.2 Å². The lowest BCUT2D eigenvalue weighted by Crippen LogP contribution is -2.30. The zero-order chi connectivity index (χ0) is 14.0. The van der Waals surface area contributed by atoms with Crippen LogP contribution < -0.4 is 0 Å². The molecule has 0 radical (unpaired) electrons. The summed E-state index contributed by atoms with van der Waals surface area (Å²) in [6.07, 6.45) is 3.79. The molecule has 1 aliphatic heterocycles. The highest BCUT2D eigenvalue weighted by atomic mass is 16.3. The first-order valence-electron chi connectivity index (χ1n) is 6.43. The third kappa shape index (κ3) is 2.14. The van der Waals surface area contributed by atoms with Gasteiger partial charge in [-0.15, -0.1) is 6.58 Å². The molecule has 1 aliphatic rings. The van der Waals surface area contributed by atoms with E-state index in [-0.39, 0.29) is 17.2 Å². The van der Waals surface area contributed by atoms with Gasteiger partial charge < -0.3 is 5.11 Å². The van der Waals surface area contributed by atoms with Crippen molar-refractivity contribution in [3.8, 4) is 5.75 Å². The van der Waals surface area contributed by atoms with Gasteiger partial charge >= 0.3 is 0 Å². The van der Waals surface area contributed by atoms with Gasteiger partial charge in [-0.1, -0.05) is 25.5 Å². The number of allylic oxidation sites excluding steroid dienone is 1. The number of phenolic OH excluding ortho intramolecular Hbond substituents is 1. The number of amides is 2. The molecule has 0 fully saturated rings. The molecule has 4 nitrogen and oxygen atoms in total. The number of carbonyl (C=O) groups is 2. The maximum atomic E-state index is 12.2. The van der Waals surface area contributed by atoms with Gasteiger partial charge in [-0.2, -0.15) is 0 Å². The van der Waals surface area contributed by atoms with E-state index in [0.717, 1.165) is 12.8 Å². The van der Waals surface area contributed by atoms with E-state index in [1.807, 2.05) is 6.92 Å². The number of hydrogen-bond donors (Lipinski definition) is 1. The summed E-state index contributed by atoms with van der Waals surface area (Å²) in [5, 5.41) is 10.1. The van der Waals surface area contributed by atoms with Gasteiger partial charge in [0.15, 0.2) is 0 Å². The highest BCUT2D eigenvalue weighted by Gasteiger charge is 2.37. The number of carbonyl (C=O) groups excluding carboxylic acids is 2. The Morgan fingerprint density at radius 3 is 2.68 bits per heavy atom.